The number of hydrogen-bond donors (Lipinski definition) is 2. The Balaban J connectivity index is 2.44. The summed E-state index contributed by atoms with van der Waals surface area (Å²) in [5.41, 5.74) is 1.93. The highest BCUT2D eigenvalue weighted by Gasteiger charge is 2.46. The van der Waals surface area contributed by atoms with Gasteiger partial charge < -0.3 is 9.79 Å². The van der Waals surface area contributed by atoms with Crippen molar-refractivity contribution in [2.75, 3.05) is 0 Å². The number of benzene rings is 2. The largest absolute Gasteiger partial charge is 0.332 e. The maximum atomic E-state index is 12.5. The average molecular weight is 332 g/mol. The van der Waals surface area contributed by atoms with E-state index in [1.165, 1.54) is 0 Å². The van der Waals surface area contributed by atoms with Gasteiger partial charge in [-0.1, -0.05) is 74.5 Å². The van der Waals surface area contributed by atoms with Crippen molar-refractivity contribution in [1.29, 1.82) is 0 Å². The summed E-state index contributed by atoms with van der Waals surface area (Å²) in [6, 6.07) is 19.3. The van der Waals surface area contributed by atoms with Crippen molar-refractivity contribution in [3.63, 3.8) is 0 Å². The SMILES string of the molecule is CC(C)CC(Cc1ccccc1)(Cc1ccccc1)P(=O)(O)O. The second-order valence-electron chi connectivity index (χ2n) is 6.69. The van der Waals surface area contributed by atoms with E-state index in [1.54, 1.807) is 0 Å². The third-order valence-corrected chi connectivity index (χ3v) is 5.89. The molecule has 2 rings (SSSR count). The van der Waals surface area contributed by atoms with Crippen LogP contribution in [0.2, 0.25) is 0 Å². The van der Waals surface area contributed by atoms with E-state index in [0.717, 1.165) is 11.1 Å². The van der Waals surface area contributed by atoms with Crippen LogP contribution in [-0.4, -0.2) is 14.9 Å². The molecule has 0 saturated carbocycles. The third-order valence-electron chi connectivity index (χ3n) is 4.16. The van der Waals surface area contributed by atoms with Crippen LogP contribution in [0.4, 0.5) is 0 Å². The zero-order chi connectivity index (χ0) is 16.9. The lowest BCUT2D eigenvalue weighted by Crippen LogP contribution is -2.36. The van der Waals surface area contributed by atoms with E-state index in [4.69, 9.17) is 0 Å². The van der Waals surface area contributed by atoms with Gasteiger partial charge in [-0.3, -0.25) is 4.57 Å². The molecule has 0 atom stereocenters. The molecule has 0 amide bonds. The summed E-state index contributed by atoms with van der Waals surface area (Å²) in [5.74, 6) is 0.204. The molecule has 0 heterocycles. The van der Waals surface area contributed by atoms with Gasteiger partial charge in [0.25, 0.3) is 0 Å². The molecule has 0 bridgehead atoms. The van der Waals surface area contributed by atoms with Crippen molar-refractivity contribution < 1.29 is 14.4 Å². The monoisotopic (exact) mass is 332 g/mol. The van der Waals surface area contributed by atoms with Gasteiger partial charge in [0.2, 0.25) is 0 Å². The first kappa shape index (κ1) is 17.9. The van der Waals surface area contributed by atoms with Crippen molar-refractivity contribution in [3.8, 4) is 0 Å². The van der Waals surface area contributed by atoms with Gasteiger partial charge in [0.1, 0.15) is 0 Å². The molecule has 2 aromatic rings. The Bertz CT molecular complexity index is 605. The highest BCUT2D eigenvalue weighted by Crippen LogP contribution is 2.57. The summed E-state index contributed by atoms with van der Waals surface area (Å²) >= 11 is 0. The molecule has 4 heteroatoms. The first-order valence-corrected chi connectivity index (χ1v) is 9.57. The summed E-state index contributed by atoms with van der Waals surface area (Å²) in [4.78, 5) is 20.4. The zero-order valence-corrected chi connectivity index (χ0v) is 14.6. The predicted octanol–water partition coefficient (Wildman–Crippen LogP) is 4.43. The highest BCUT2D eigenvalue weighted by molar-refractivity contribution is 7.53. The van der Waals surface area contributed by atoms with Gasteiger partial charge in [0.05, 0.1) is 5.16 Å². The second-order valence-corrected chi connectivity index (χ2v) is 8.73. The van der Waals surface area contributed by atoms with Crippen LogP contribution in [0.5, 0.6) is 0 Å². The van der Waals surface area contributed by atoms with E-state index in [0.29, 0.717) is 19.3 Å². The first-order chi connectivity index (χ1) is 10.8. The van der Waals surface area contributed by atoms with E-state index in [1.807, 2.05) is 74.5 Å². The van der Waals surface area contributed by atoms with Crippen LogP contribution in [0.25, 0.3) is 0 Å². The lowest BCUT2D eigenvalue weighted by molar-refractivity contribution is 0.295. The molecule has 0 radical (unpaired) electrons. The second kappa shape index (κ2) is 7.44. The molecule has 124 valence electrons. The molecule has 0 aliphatic rings. The Kier molecular flexibility index (Phi) is 5.80. The van der Waals surface area contributed by atoms with Crippen LogP contribution in [-0.2, 0) is 17.4 Å². The quantitative estimate of drug-likeness (QED) is 0.737. The molecular weight excluding hydrogens is 307 g/mol. The standard InChI is InChI=1S/C19H25O3P/c1-16(2)13-19(23(20,21)22,14-17-9-5-3-6-10-17)15-18-11-7-4-8-12-18/h3-12,16H,13-15H2,1-2H3,(H2,20,21,22). The molecule has 2 N–H and O–H groups in total. The number of rotatable bonds is 7. The van der Waals surface area contributed by atoms with Crippen molar-refractivity contribution in [1.82, 2.24) is 0 Å². The summed E-state index contributed by atoms with van der Waals surface area (Å²) in [6.45, 7) is 4.03. The molecular formula is C19H25O3P. The molecule has 0 spiro atoms. The van der Waals surface area contributed by atoms with E-state index in [-0.39, 0.29) is 5.92 Å². The van der Waals surface area contributed by atoms with Gasteiger partial charge >= 0.3 is 7.60 Å². The molecule has 0 aromatic heterocycles. The Morgan fingerprint density at radius 2 is 1.26 bits per heavy atom. The van der Waals surface area contributed by atoms with Gasteiger partial charge in [-0.25, -0.2) is 0 Å². The minimum atomic E-state index is -4.29. The zero-order valence-electron chi connectivity index (χ0n) is 13.7. The summed E-state index contributed by atoms with van der Waals surface area (Å²) in [7, 11) is -4.29. The third kappa shape index (κ3) is 4.78. The Hall–Kier alpha value is -1.41. The highest BCUT2D eigenvalue weighted by atomic mass is 31.2. The van der Waals surface area contributed by atoms with Crippen molar-refractivity contribution in [3.05, 3.63) is 71.8 Å². The lowest BCUT2D eigenvalue weighted by atomic mass is 9.85. The minimum absolute atomic E-state index is 0.204. The van der Waals surface area contributed by atoms with Gasteiger partial charge in [-0.05, 0) is 36.3 Å². The van der Waals surface area contributed by atoms with Crippen LogP contribution in [0, 0.1) is 5.92 Å². The van der Waals surface area contributed by atoms with E-state index < -0.39 is 12.8 Å². The molecule has 0 aliphatic heterocycles. The molecule has 0 fully saturated rings. The molecule has 0 aliphatic carbocycles. The van der Waals surface area contributed by atoms with Crippen LogP contribution in [0.3, 0.4) is 0 Å². The Morgan fingerprint density at radius 3 is 1.57 bits per heavy atom. The molecule has 23 heavy (non-hydrogen) atoms. The maximum Gasteiger partial charge on any atom is 0.332 e. The van der Waals surface area contributed by atoms with Gasteiger partial charge in [-0.2, -0.15) is 0 Å². The van der Waals surface area contributed by atoms with Crippen molar-refractivity contribution >= 4 is 7.60 Å². The summed E-state index contributed by atoms with van der Waals surface area (Å²) in [5, 5.41) is -1.07. The van der Waals surface area contributed by atoms with Crippen molar-refractivity contribution in [2.24, 2.45) is 5.92 Å². The lowest BCUT2D eigenvalue weighted by Gasteiger charge is -2.36. The molecule has 3 nitrogen and oxygen atoms in total. The van der Waals surface area contributed by atoms with Gasteiger partial charge in [0.15, 0.2) is 0 Å². The van der Waals surface area contributed by atoms with Crippen LogP contribution in [0.15, 0.2) is 60.7 Å². The van der Waals surface area contributed by atoms with Gasteiger partial charge in [0, 0.05) is 0 Å². The fraction of sp³-hybridized carbons (Fsp3) is 0.368. The summed E-state index contributed by atoms with van der Waals surface area (Å²) in [6.07, 6.45) is 1.25. The molecule has 0 unspecified atom stereocenters. The summed E-state index contributed by atoms with van der Waals surface area (Å²) < 4.78 is 12.5. The van der Waals surface area contributed by atoms with E-state index in [2.05, 4.69) is 0 Å². The Labute approximate surface area is 138 Å². The fourth-order valence-corrected chi connectivity index (χ4v) is 4.62. The van der Waals surface area contributed by atoms with Crippen molar-refractivity contribution in [2.45, 2.75) is 38.3 Å². The van der Waals surface area contributed by atoms with Crippen LogP contribution in [0.1, 0.15) is 31.4 Å². The molecule has 0 saturated heterocycles. The topological polar surface area (TPSA) is 57.5 Å². The van der Waals surface area contributed by atoms with Crippen LogP contribution >= 0.6 is 7.60 Å². The van der Waals surface area contributed by atoms with Crippen LogP contribution < -0.4 is 0 Å². The minimum Gasteiger partial charge on any atom is -0.324 e. The fourth-order valence-electron chi connectivity index (χ4n) is 3.24. The van der Waals surface area contributed by atoms with E-state index in [9.17, 15) is 14.4 Å². The van der Waals surface area contributed by atoms with E-state index >= 15 is 0 Å². The molecule has 2 aromatic carbocycles. The predicted molar refractivity (Wildman–Crippen MR) is 94.5 cm³/mol. The average Bonchev–Trinajstić information content (AvgIpc) is 2.47. The Morgan fingerprint density at radius 1 is 0.870 bits per heavy atom. The smallest absolute Gasteiger partial charge is 0.324 e. The number of hydrogen-bond acceptors (Lipinski definition) is 1. The maximum absolute atomic E-state index is 12.5. The normalized spacial score (nSPS) is 12.6. The first-order valence-electron chi connectivity index (χ1n) is 7.96. The van der Waals surface area contributed by atoms with Gasteiger partial charge in [-0.15, -0.1) is 0 Å².